The van der Waals surface area contributed by atoms with E-state index in [2.05, 4.69) is 29.2 Å². The van der Waals surface area contributed by atoms with Gasteiger partial charge in [-0.05, 0) is 41.7 Å². The van der Waals surface area contributed by atoms with Gasteiger partial charge in [-0.15, -0.1) is 0 Å². The van der Waals surface area contributed by atoms with Gasteiger partial charge in [-0.25, -0.2) is 0 Å². The van der Waals surface area contributed by atoms with Crippen molar-refractivity contribution in [3.8, 4) is 0 Å². The molecule has 3 rings (SSSR count). The lowest BCUT2D eigenvalue weighted by Gasteiger charge is -2.20. The zero-order valence-corrected chi connectivity index (χ0v) is 13.3. The van der Waals surface area contributed by atoms with Gasteiger partial charge in [0.1, 0.15) is 0 Å². The molecule has 2 aromatic rings. The molecule has 1 aliphatic heterocycles. The third kappa shape index (κ3) is 3.34. The molecule has 0 amide bonds. The van der Waals surface area contributed by atoms with Crippen molar-refractivity contribution in [2.75, 3.05) is 18.8 Å². The van der Waals surface area contributed by atoms with Crippen molar-refractivity contribution in [1.82, 2.24) is 4.90 Å². The maximum Gasteiger partial charge on any atom is 0.0693 e. The summed E-state index contributed by atoms with van der Waals surface area (Å²) < 4.78 is 0. The minimum atomic E-state index is 0.463. The fourth-order valence-corrected chi connectivity index (χ4v) is 3.39. The third-order valence-corrected chi connectivity index (χ3v) is 4.68. The van der Waals surface area contributed by atoms with Gasteiger partial charge in [-0.2, -0.15) is 0 Å². The zero-order chi connectivity index (χ0) is 14.8. The summed E-state index contributed by atoms with van der Waals surface area (Å²) in [6, 6.07) is 12.5. The molecular weight excluding hydrogens is 303 g/mol. The van der Waals surface area contributed by atoms with Crippen molar-refractivity contribution in [3.05, 3.63) is 63.1 Å². The Morgan fingerprint density at radius 1 is 0.952 bits per heavy atom. The summed E-state index contributed by atoms with van der Waals surface area (Å²) in [5, 5.41) is 1.08. The first-order valence-electron chi connectivity index (χ1n) is 7.16. The predicted octanol–water partition coefficient (Wildman–Crippen LogP) is 4.18. The number of benzene rings is 2. The lowest BCUT2D eigenvalue weighted by molar-refractivity contribution is 0.279. The van der Waals surface area contributed by atoms with Crippen LogP contribution in [0.5, 0.6) is 0 Å². The highest BCUT2D eigenvalue weighted by molar-refractivity contribution is 6.38. The van der Waals surface area contributed by atoms with E-state index in [1.54, 1.807) is 0 Å². The molecule has 0 fully saturated rings. The van der Waals surface area contributed by atoms with Crippen LogP contribution in [0.1, 0.15) is 16.7 Å². The standard InChI is InChI=1S/C17H18Cl2N2/c18-15-9-12(10-16(19)17(15)20)11-21-7-5-13-3-1-2-4-14(13)6-8-21/h1-4,9-10H,5-8,11,20H2. The van der Waals surface area contributed by atoms with Gasteiger partial charge in [0, 0.05) is 19.6 Å². The van der Waals surface area contributed by atoms with Crippen molar-refractivity contribution in [2.24, 2.45) is 0 Å². The van der Waals surface area contributed by atoms with E-state index in [0.29, 0.717) is 15.7 Å². The number of halogens is 2. The van der Waals surface area contributed by atoms with Crippen LogP contribution in [0.2, 0.25) is 10.0 Å². The van der Waals surface area contributed by atoms with Gasteiger partial charge < -0.3 is 5.73 Å². The van der Waals surface area contributed by atoms with E-state index in [0.717, 1.165) is 38.0 Å². The SMILES string of the molecule is Nc1c(Cl)cc(CN2CCc3ccccc3CC2)cc1Cl. The minimum absolute atomic E-state index is 0.463. The second-order valence-electron chi connectivity index (χ2n) is 5.52. The first-order chi connectivity index (χ1) is 10.1. The second kappa shape index (κ2) is 6.27. The van der Waals surface area contributed by atoms with E-state index >= 15 is 0 Å². The number of anilines is 1. The Labute approximate surface area is 135 Å². The summed E-state index contributed by atoms with van der Waals surface area (Å²) in [6.45, 7) is 2.96. The monoisotopic (exact) mass is 320 g/mol. The average molecular weight is 321 g/mol. The molecule has 1 aliphatic rings. The lowest BCUT2D eigenvalue weighted by Crippen LogP contribution is -2.25. The maximum absolute atomic E-state index is 6.11. The van der Waals surface area contributed by atoms with Crippen LogP contribution < -0.4 is 5.73 Å². The van der Waals surface area contributed by atoms with Crippen LogP contribution in [0.15, 0.2) is 36.4 Å². The minimum Gasteiger partial charge on any atom is -0.396 e. The molecule has 0 bridgehead atoms. The summed E-state index contributed by atoms with van der Waals surface area (Å²) in [6.07, 6.45) is 2.18. The van der Waals surface area contributed by atoms with E-state index in [1.807, 2.05) is 12.1 Å². The van der Waals surface area contributed by atoms with Crippen LogP contribution in [-0.2, 0) is 19.4 Å². The Balaban J connectivity index is 1.73. The number of nitrogens with two attached hydrogens (primary N) is 1. The van der Waals surface area contributed by atoms with Crippen molar-refractivity contribution in [3.63, 3.8) is 0 Å². The van der Waals surface area contributed by atoms with Crippen LogP contribution in [0.25, 0.3) is 0 Å². The number of nitrogens with zero attached hydrogens (tertiary/aromatic N) is 1. The predicted molar refractivity (Wildman–Crippen MR) is 90.0 cm³/mol. The molecule has 21 heavy (non-hydrogen) atoms. The number of hydrogen-bond donors (Lipinski definition) is 1. The second-order valence-corrected chi connectivity index (χ2v) is 6.33. The van der Waals surface area contributed by atoms with Crippen molar-refractivity contribution in [2.45, 2.75) is 19.4 Å². The van der Waals surface area contributed by atoms with Gasteiger partial charge in [-0.3, -0.25) is 4.90 Å². The number of hydrogen-bond acceptors (Lipinski definition) is 2. The van der Waals surface area contributed by atoms with Crippen LogP contribution in [0.3, 0.4) is 0 Å². The highest BCUT2D eigenvalue weighted by Crippen LogP contribution is 2.29. The molecule has 0 aliphatic carbocycles. The molecule has 2 aromatic carbocycles. The number of fused-ring (bicyclic) bond motifs is 1. The molecule has 1 heterocycles. The third-order valence-electron chi connectivity index (χ3n) is 4.06. The molecule has 0 aromatic heterocycles. The summed E-state index contributed by atoms with van der Waals surface area (Å²) in [4.78, 5) is 2.44. The Bertz CT molecular complexity index is 605. The number of nitrogen functional groups attached to an aromatic ring is 1. The van der Waals surface area contributed by atoms with E-state index in [4.69, 9.17) is 28.9 Å². The summed E-state index contributed by atoms with van der Waals surface area (Å²) >= 11 is 12.2. The Hall–Kier alpha value is -1.22. The van der Waals surface area contributed by atoms with E-state index < -0.39 is 0 Å². The van der Waals surface area contributed by atoms with Gasteiger partial charge >= 0.3 is 0 Å². The first-order valence-corrected chi connectivity index (χ1v) is 7.91. The molecule has 0 saturated carbocycles. The summed E-state index contributed by atoms with van der Waals surface area (Å²) in [7, 11) is 0. The molecule has 0 unspecified atom stereocenters. The highest BCUT2D eigenvalue weighted by Gasteiger charge is 2.14. The lowest BCUT2D eigenvalue weighted by atomic mass is 10.0. The van der Waals surface area contributed by atoms with Gasteiger partial charge in [0.05, 0.1) is 15.7 Å². The summed E-state index contributed by atoms with van der Waals surface area (Å²) in [5.74, 6) is 0. The quantitative estimate of drug-likeness (QED) is 0.841. The highest BCUT2D eigenvalue weighted by atomic mass is 35.5. The molecule has 2 N–H and O–H groups in total. The molecule has 0 saturated heterocycles. The zero-order valence-electron chi connectivity index (χ0n) is 11.8. The molecule has 2 nitrogen and oxygen atoms in total. The maximum atomic E-state index is 6.11. The Morgan fingerprint density at radius 3 is 2.00 bits per heavy atom. The number of rotatable bonds is 2. The van der Waals surface area contributed by atoms with Gasteiger partial charge in [-0.1, -0.05) is 47.5 Å². The molecule has 0 spiro atoms. The average Bonchev–Trinajstić information content (AvgIpc) is 2.68. The van der Waals surface area contributed by atoms with E-state index in [9.17, 15) is 0 Å². The van der Waals surface area contributed by atoms with Crippen LogP contribution in [0.4, 0.5) is 5.69 Å². The van der Waals surface area contributed by atoms with Crippen molar-refractivity contribution >= 4 is 28.9 Å². The molecular formula is C17H18Cl2N2. The topological polar surface area (TPSA) is 29.3 Å². The van der Waals surface area contributed by atoms with Crippen molar-refractivity contribution in [1.29, 1.82) is 0 Å². The van der Waals surface area contributed by atoms with Gasteiger partial charge in [0.2, 0.25) is 0 Å². The first kappa shape index (κ1) is 14.7. The van der Waals surface area contributed by atoms with Crippen LogP contribution in [-0.4, -0.2) is 18.0 Å². The van der Waals surface area contributed by atoms with Crippen LogP contribution >= 0.6 is 23.2 Å². The molecule has 0 atom stereocenters. The van der Waals surface area contributed by atoms with Gasteiger partial charge in [0.15, 0.2) is 0 Å². The normalized spacial score (nSPS) is 15.5. The summed E-state index contributed by atoms with van der Waals surface area (Å²) in [5.41, 5.74) is 10.3. The molecule has 4 heteroatoms. The molecule has 0 radical (unpaired) electrons. The fourth-order valence-electron chi connectivity index (χ4n) is 2.86. The smallest absolute Gasteiger partial charge is 0.0693 e. The van der Waals surface area contributed by atoms with Crippen LogP contribution in [0, 0.1) is 0 Å². The Kier molecular flexibility index (Phi) is 4.39. The fraction of sp³-hybridized carbons (Fsp3) is 0.294. The molecule has 110 valence electrons. The van der Waals surface area contributed by atoms with E-state index in [-0.39, 0.29) is 0 Å². The van der Waals surface area contributed by atoms with Gasteiger partial charge in [0.25, 0.3) is 0 Å². The largest absolute Gasteiger partial charge is 0.396 e. The Morgan fingerprint density at radius 2 is 1.48 bits per heavy atom. The van der Waals surface area contributed by atoms with E-state index in [1.165, 1.54) is 11.1 Å². The van der Waals surface area contributed by atoms with Crippen molar-refractivity contribution < 1.29 is 0 Å².